The molecule has 31 heavy (non-hydrogen) atoms. The molecule has 0 aliphatic carbocycles. The van der Waals surface area contributed by atoms with Crippen LogP contribution in [0.3, 0.4) is 0 Å². The summed E-state index contributed by atoms with van der Waals surface area (Å²) >= 11 is 1.39. The van der Waals surface area contributed by atoms with Crippen molar-refractivity contribution in [2.24, 2.45) is 0 Å². The molecule has 8 heteroatoms. The molecule has 0 unspecified atom stereocenters. The predicted octanol–water partition coefficient (Wildman–Crippen LogP) is 5.02. The van der Waals surface area contributed by atoms with Crippen LogP contribution in [0.15, 0.2) is 83.8 Å². The zero-order valence-corrected chi connectivity index (χ0v) is 17.7. The molecule has 3 aromatic carbocycles. The maximum absolute atomic E-state index is 12.2. The van der Waals surface area contributed by atoms with Gasteiger partial charge in [-0.25, -0.2) is 4.79 Å². The van der Waals surface area contributed by atoms with Crippen LogP contribution in [0, 0.1) is 0 Å². The lowest BCUT2D eigenvalue weighted by molar-refractivity contribution is -0.114. The minimum Gasteiger partial charge on any atom is -0.326 e. The molecule has 0 atom stereocenters. The number of rotatable bonds is 7. The fourth-order valence-corrected chi connectivity index (χ4v) is 3.33. The molecule has 0 aromatic heterocycles. The number of para-hydroxylation sites is 1. The maximum Gasteiger partial charge on any atom is 0.323 e. The van der Waals surface area contributed by atoms with Crippen molar-refractivity contribution >= 4 is 52.4 Å². The molecule has 4 N–H and O–H groups in total. The van der Waals surface area contributed by atoms with Gasteiger partial charge in [-0.1, -0.05) is 18.2 Å². The number of anilines is 4. The molecule has 158 valence electrons. The summed E-state index contributed by atoms with van der Waals surface area (Å²) in [4.78, 5) is 36.1. The minimum absolute atomic E-state index is 0.137. The van der Waals surface area contributed by atoms with Crippen molar-refractivity contribution in [3.63, 3.8) is 0 Å². The van der Waals surface area contributed by atoms with Gasteiger partial charge in [0, 0.05) is 34.6 Å². The summed E-state index contributed by atoms with van der Waals surface area (Å²) in [5.74, 6) is -0.0396. The van der Waals surface area contributed by atoms with E-state index in [1.165, 1.54) is 18.7 Å². The van der Waals surface area contributed by atoms with Crippen molar-refractivity contribution in [1.29, 1.82) is 0 Å². The van der Waals surface area contributed by atoms with Crippen molar-refractivity contribution in [3.8, 4) is 0 Å². The molecule has 3 rings (SSSR count). The van der Waals surface area contributed by atoms with Crippen LogP contribution in [-0.4, -0.2) is 23.6 Å². The van der Waals surface area contributed by atoms with Gasteiger partial charge in [-0.3, -0.25) is 9.59 Å². The van der Waals surface area contributed by atoms with Crippen molar-refractivity contribution in [2.75, 3.05) is 27.0 Å². The van der Waals surface area contributed by atoms with E-state index in [4.69, 9.17) is 0 Å². The Morgan fingerprint density at radius 2 is 1.13 bits per heavy atom. The fourth-order valence-electron chi connectivity index (χ4n) is 2.64. The second-order valence-electron chi connectivity index (χ2n) is 6.56. The molecule has 0 aliphatic heterocycles. The van der Waals surface area contributed by atoms with E-state index in [-0.39, 0.29) is 23.6 Å². The Bertz CT molecular complexity index is 1040. The van der Waals surface area contributed by atoms with Gasteiger partial charge in [-0.15, -0.1) is 11.8 Å². The Morgan fingerprint density at radius 3 is 1.71 bits per heavy atom. The van der Waals surface area contributed by atoms with Crippen molar-refractivity contribution in [3.05, 3.63) is 78.9 Å². The van der Waals surface area contributed by atoms with E-state index in [1.54, 1.807) is 36.4 Å². The highest BCUT2D eigenvalue weighted by Gasteiger charge is 2.06. The zero-order chi connectivity index (χ0) is 22.1. The van der Waals surface area contributed by atoms with Gasteiger partial charge in [-0.05, 0) is 60.7 Å². The Kier molecular flexibility index (Phi) is 7.67. The van der Waals surface area contributed by atoms with Crippen LogP contribution in [0.5, 0.6) is 0 Å². The minimum atomic E-state index is -0.324. The standard InChI is InChI=1S/C23H22N4O3S/c1-16(28)24-18-7-9-19(10-8-18)25-22(29)15-31-21-13-11-20(12-14-21)27-23(30)26-17-5-3-2-4-6-17/h2-14H,15H2,1H3,(H,24,28)(H,25,29)(H2,26,27,30). The number of hydrogen-bond acceptors (Lipinski definition) is 4. The average Bonchev–Trinajstić information content (AvgIpc) is 2.75. The lowest BCUT2D eigenvalue weighted by atomic mass is 10.3. The molecule has 7 nitrogen and oxygen atoms in total. The highest BCUT2D eigenvalue weighted by molar-refractivity contribution is 8.00. The summed E-state index contributed by atoms with van der Waals surface area (Å²) in [6, 6.07) is 23.0. The number of urea groups is 1. The van der Waals surface area contributed by atoms with E-state index in [0.29, 0.717) is 22.7 Å². The normalized spacial score (nSPS) is 10.1. The summed E-state index contributed by atoms with van der Waals surface area (Å²) in [5, 5.41) is 11.0. The predicted molar refractivity (Wildman–Crippen MR) is 126 cm³/mol. The van der Waals surface area contributed by atoms with Crippen LogP contribution in [0.1, 0.15) is 6.92 Å². The topological polar surface area (TPSA) is 99.3 Å². The second-order valence-corrected chi connectivity index (χ2v) is 7.61. The van der Waals surface area contributed by atoms with E-state index in [1.807, 2.05) is 42.5 Å². The highest BCUT2D eigenvalue weighted by atomic mass is 32.2. The van der Waals surface area contributed by atoms with Gasteiger partial charge in [0.05, 0.1) is 5.75 Å². The lowest BCUT2D eigenvalue weighted by Gasteiger charge is -2.09. The Hall–Kier alpha value is -3.78. The van der Waals surface area contributed by atoms with E-state index < -0.39 is 0 Å². The Labute approximate surface area is 184 Å². The molecule has 0 fully saturated rings. The van der Waals surface area contributed by atoms with Gasteiger partial charge in [0.15, 0.2) is 0 Å². The molecule has 0 radical (unpaired) electrons. The quantitative estimate of drug-likeness (QED) is 0.392. The highest BCUT2D eigenvalue weighted by Crippen LogP contribution is 2.21. The summed E-state index contributed by atoms with van der Waals surface area (Å²) in [6.07, 6.45) is 0. The number of nitrogens with one attached hydrogen (secondary N) is 4. The van der Waals surface area contributed by atoms with E-state index in [9.17, 15) is 14.4 Å². The van der Waals surface area contributed by atoms with Gasteiger partial charge in [0.2, 0.25) is 11.8 Å². The van der Waals surface area contributed by atoms with Crippen LogP contribution < -0.4 is 21.3 Å². The first-order valence-electron chi connectivity index (χ1n) is 9.51. The van der Waals surface area contributed by atoms with Crippen LogP contribution in [0.2, 0.25) is 0 Å². The maximum atomic E-state index is 12.2. The average molecular weight is 435 g/mol. The third-order valence-electron chi connectivity index (χ3n) is 4.00. The van der Waals surface area contributed by atoms with E-state index in [2.05, 4.69) is 21.3 Å². The van der Waals surface area contributed by atoms with Crippen LogP contribution in [0.25, 0.3) is 0 Å². The smallest absolute Gasteiger partial charge is 0.323 e. The third-order valence-corrected chi connectivity index (χ3v) is 5.01. The molecular weight excluding hydrogens is 412 g/mol. The van der Waals surface area contributed by atoms with Crippen molar-refractivity contribution in [1.82, 2.24) is 0 Å². The molecular formula is C23H22N4O3S. The first-order valence-corrected chi connectivity index (χ1v) is 10.5. The number of amides is 4. The van der Waals surface area contributed by atoms with Gasteiger partial charge in [-0.2, -0.15) is 0 Å². The third kappa shape index (κ3) is 7.52. The first-order chi connectivity index (χ1) is 15.0. The Balaban J connectivity index is 1.43. The van der Waals surface area contributed by atoms with Crippen LogP contribution in [0.4, 0.5) is 27.5 Å². The molecule has 0 saturated carbocycles. The molecule has 4 amide bonds. The van der Waals surface area contributed by atoms with Crippen LogP contribution >= 0.6 is 11.8 Å². The second kappa shape index (κ2) is 10.8. The van der Waals surface area contributed by atoms with E-state index in [0.717, 1.165) is 4.90 Å². The summed E-state index contributed by atoms with van der Waals surface area (Å²) in [7, 11) is 0. The zero-order valence-electron chi connectivity index (χ0n) is 16.8. The van der Waals surface area contributed by atoms with Crippen molar-refractivity contribution < 1.29 is 14.4 Å². The number of carbonyl (C=O) groups excluding carboxylic acids is 3. The van der Waals surface area contributed by atoms with Gasteiger partial charge >= 0.3 is 6.03 Å². The van der Waals surface area contributed by atoms with Gasteiger partial charge in [0.25, 0.3) is 0 Å². The number of benzene rings is 3. The number of hydrogen-bond donors (Lipinski definition) is 4. The van der Waals surface area contributed by atoms with E-state index >= 15 is 0 Å². The largest absolute Gasteiger partial charge is 0.326 e. The number of carbonyl (C=O) groups is 3. The SMILES string of the molecule is CC(=O)Nc1ccc(NC(=O)CSc2ccc(NC(=O)Nc3ccccc3)cc2)cc1. The van der Waals surface area contributed by atoms with Crippen molar-refractivity contribution in [2.45, 2.75) is 11.8 Å². The molecule has 0 heterocycles. The molecule has 0 saturated heterocycles. The first kappa shape index (κ1) is 21.9. The summed E-state index contributed by atoms with van der Waals surface area (Å²) in [5.41, 5.74) is 2.69. The fraction of sp³-hybridized carbons (Fsp3) is 0.0870. The molecule has 0 spiro atoms. The molecule has 3 aromatic rings. The molecule has 0 aliphatic rings. The summed E-state index contributed by atoms with van der Waals surface area (Å²) < 4.78 is 0. The Morgan fingerprint density at radius 1 is 0.645 bits per heavy atom. The number of thioether (sulfide) groups is 1. The molecule has 0 bridgehead atoms. The van der Waals surface area contributed by atoms with Crippen LogP contribution in [-0.2, 0) is 9.59 Å². The van der Waals surface area contributed by atoms with Gasteiger partial charge < -0.3 is 21.3 Å². The van der Waals surface area contributed by atoms with Gasteiger partial charge in [0.1, 0.15) is 0 Å². The monoisotopic (exact) mass is 434 g/mol. The summed E-state index contributed by atoms with van der Waals surface area (Å²) in [6.45, 7) is 1.44. The lowest BCUT2D eigenvalue weighted by Crippen LogP contribution is -2.19.